The van der Waals surface area contributed by atoms with E-state index in [1.165, 1.54) is 25.6 Å². The number of sulfone groups is 1. The van der Waals surface area contributed by atoms with Gasteiger partial charge in [0.05, 0.1) is 6.61 Å². The van der Waals surface area contributed by atoms with E-state index in [1.807, 2.05) is 6.26 Å². The number of rotatable bonds is 6. The summed E-state index contributed by atoms with van der Waals surface area (Å²) < 4.78 is 21.5. The van der Waals surface area contributed by atoms with Crippen LogP contribution in [0.3, 0.4) is 0 Å². The lowest BCUT2D eigenvalue weighted by Gasteiger charge is -2.27. The summed E-state index contributed by atoms with van der Waals surface area (Å²) in [6.45, 7) is 4.42. The molecule has 0 aromatic carbocycles. The molecule has 2 atom stereocenters. The maximum absolute atomic E-state index is 11.9. The van der Waals surface area contributed by atoms with Gasteiger partial charge in [-0.15, -0.1) is 0 Å². The lowest BCUT2D eigenvalue weighted by Crippen LogP contribution is -2.52. The van der Waals surface area contributed by atoms with Gasteiger partial charge in [-0.1, -0.05) is 0 Å². The van der Waals surface area contributed by atoms with Gasteiger partial charge in [0.15, 0.2) is 9.84 Å². The zero-order chi connectivity index (χ0) is 13.9. The highest BCUT2D eigenvalue weighted by atomic mass is 32.2. The van der Waals surface area contributed by atoms with Crippen molar-refractivity contribution in [3.8, 4) is 0 Å². The first-order chi connectivity index (χ1) is 7.57. The molecule has 7 heteroatoms. The number of carbonyl (C=O) groups excluding carboxylic acids is 1. The van der Waals surface area contributed by atoms with Crippen LogP contribution in [0.1, 0.15) is 20.8 Å². The standard InChI is InChI=1S/C10H21NO4S2/c1-7(8(6-12)16-4)11-9(13)10(2,3)17(5,14)15/h7-8,12H,6H2,1-5H3,(H,11,13). The van der Waals surface area contributed by atoms with E-state index < -0.39 is 20.5 Å². The number of carbonyl (C=O) groups is 1. The van der Waals surface area contributed by atoms with E-state index in [2.05, 4.69) is 5.32 Å². The summed E-state index contributed by atoms with van der Waals surface area (Å²) in [7, 11) is -3.47. The molecule has 102 valence electrons. The van der Waals surface area contributed by atoms with Gasteiger partial charge in [0.1, 0.15) is 4.75 Å². The highest BCUT2D eigenvalue weighted by Crippen LogP contribution is 2.17. The second-order valence-electron chi connectivity index (χ2n) is 4.50. The average Bonchev–Trinajstić information content (AvgIpc) is 2.17. The lowest BCUT2D eigenvalue weighted by molar-refractivity contribution is -0.123. The number of aliphatic hydroxyl groups excluding tert-OH is 1. The smallest absolute Gasteiger partial charge is 0.241 e. The Balaban J connectivity index is 4.77. The van der Waals surface area contributed by atoms with Gasteiger partial charge in [-0.05, 0) is 27.0 Å². The van der Waals surface area contributed by atoms with E-state index in [1.54, 1.807) is 6.92 Å². The minimum absolute atomic E-state index is 0.0675. The van der Waals surface area contributed by atoms with Gasteiger partial charge >= 0.3 is 0 Å². The Labute approximate surface area is 107 Å². The molecular weight excluding hydrogens is 262 g/mol. The molecule has 0 spiro atoms. The van der Waals surface area contributed by atoms with E-state index in [0.29, 0.717) is 0 Å². The van der Waals surface area contributed by atoms with Crippen molar-refractivity contribution in [3.05, 3.63) is 0 Å². The van der Waals surface area contributed by atoms with Gasteiger partial charge in [-0.3, -0.25) is 4.79 Å². The minimum atomic E-state index is -3.47. The topological polar surface area (TPSA) is 83.5 Å². The van der Waals surface area contributed by atoms with E-state index in [0.717, 1.165) is 6.26 Å². The molecule has 0 aromatic rings. The Morgan fingerprint density at radius 2 is 1.94 bits per heavy atom. The maximum Gasteiger partial charge on any atom is 0.241 e. The highest BCUT2D eigenvalue weighted by Gasteiger charge is 2.39. The van der Waals surface area contributed by atoms with E-state index >= 15 is 0 Å². The third-order valence-corrected chi connectivity index (χ3v) is 6.08. The Bertz CT molecular complexity index is 361. The second kappa shape index (κ2) is 6.06. The monoisotopic (exact) mass is 283 g/mol. The number of aliphatic hydroxyl groups is 1. The summed E-state index contributed by atoms with van der Waals surface area (Å²) in [6.07, 6.45) is 2.86. The van der Waals surface area contributed by atoms with E-state index in [-0.39, 0.29) is 17.9 Å². The fourth-order valence-corrected chi connectivity index (χ4v) is 2.10. The van der Waals surface area contributed by atoms with Crippen LogP contribution >= 0.6 is 11.8 Å². The number of amides is 1. The summed E-state index contributed by atoms with van der Waals surface area (Å²) in [5, 5.41) is 11.6. The molecule has 0 aliphatic carbocycles. The molecule has 0 rings (SSSR count). The largest absolute Gasteiger partial charge is 0.395 e. The van der Waals surface area contributed by atoms with Gasteiger partial charge in [-0.25, -0.2) is 8.42 Å². The van der Waals surface area contributed by atoms with Gasteiger partial charge < -0.3 is 10.4 Å². The predicted octanol–water partition coefficient (Wildman–Crippen LogP) is 0.0382. The number of nitrogens with one attached hydrogen (secondary N) is 1. The van der Waals surface area contributed by atoms with Crippen LogP contribution in [-0.2, 0) is 14.6 Å². The van der Waals surface area contributed by atoms with E-state index in [9.17, 15) is 13.2 Å². The zero-order valence-electron chi connectivity index (χ0n) is 10.9. The zero-order valence-corrected chi connectivity index (χ0v) is 12.5. The molecule has 2 unspecified atom stereocenters. The third-order valence-electron chi connectivity index (χ3n) is 2.87. The number of hydrogen-bond donors (Lipinski definition) is 2. The number of hydrogen-bond acceptors (Lipinski definition) is 5. The molecule has 0 saturated heterocycles. The molecule has 0 saturated carbocycles. The molecule has 2 N–H and O–H groups in total. The molecule has 5 nitrogen and oxygen atoms in total. The highest BCUT2D eigenvalue weighted by molar-refractivity contribution is 7.99. The Morgan fingerprint density at radius 3 is 2.24 bits per heavy atom. The first-order valence-electron chi connectivity index (χ1n) is 5.22. The van der Waals surface area contributed by atoms with Crippen molar-refractivity contribution in [2.24, 2.45) is 0 Å². The van der Waals surface area contributed by atoms with Crippen LogP contribution in [0.25, 0.3) is 0 Å². The van der Waals surface area contributed by atoms with Crippen molar-refractivity contribution in [2.75, 3.05) is 19.1 Å². The molecule has 0 aromatic heterocycles. The minimum Gasteiger partial charge on any atom is -0.395 e. The van der Waals surface area contributed by atoms with Crippen molar-refractivity contribution in [3.63, 3.8) is 0 Å². The third kappa shape index (κ3) is 4.15. The van der Waals surface area contributed by atoms with Gasteiger partial charge in [0.25, 0.3) is 0 Å². The quantitative estimate of drug-likeness (QED) is 0.719. The first-order valence-corrected chi connectivity index (χ1v) is 8.40. The first kappa shape index (κ1) is 16.7. The Kier molecular flexibility index (Phi) is 5.96. The molecule has 0 fully saturated rings. The molecule has 17 heavy (non-hydrogen) atoms. The summed E-state index contributed by atoms with van der Waals surface area (Å²) in [5.74, 6) is -0.542. The summed E-state index contributed by atoms with van der Waals surface area (Å²) >= 11 is 1.42. The van der Waals surface area contributed by atoms with Crippen LogP contribution in [-0.4, -0.2) is 54.6 Å². The van der Waals surface area contributed by atoms with Gasteiger partial charge in [-0.2, -0.15) is 11.8 Å². The SMILES string of the molecule is CSC(CO)C(C)NC(=O)C(C)(C)S(C)(=O)=O. The molecule has 0 aliphatic heterocycles. The predicted molar refractivity (Wildman–Crippen MR) is 70.9 cm³/mol. The molecule has 0 heterocycles. The van der Waals surface area contributed by atoms with Crippen LogP contribution < -0.4 is 5.32 Å². The summed E-state index contributed by atoms with van der Waals surface area (Å²) in [5.41, 5.74) is 0. The van der Waals surface area contributed by atoms with Crippen molar-refractivity contribution in [1.29, 1.82) is 0 Å². The molecule has 0 radical (unpaired) electrons. The van der Waals surface area contributed by atoms with Crippen LogP contribution in [0, 0.1) is 0 Å². The van der Waals surface area contributed by atoms with E-state index in [4.69, 9.17) is 5.11 Å². The summed E-state index contributed by atoms with van der Waals surface area (Å²) in [6, 6.07) is -0.288. The van der Waals surface area contributed by atoms with Gasteiger partial charge in [0.2, 0.25) is 5.91 Å². The fourth-order valence-electron chi connectivity index (χ4n) is 1.08. The lowest BCUT2D eigenvalue weighted by atomic mass is 10.1. The average molecular weight is 283 g/mol. The number of thioether (sulfide) groups is 1. The van der Waals surface area contributed by atoms with Crippen LogP contribution in [0.2, 0.25) is 0 Å². The van der Waals surface area contributed by atoms with Crippen molar-refractivity contribution >= 4 is 27.5 Å². The van der Waals surface area contributed by atoms with Crippen LogP contribution in [0.5, 0.6) is 0 Å². The normalized spacial score (nSPS) is 16.4. The Morgan fingerprint density at radius 1 is 1.47 bits per heavy atom. The van der Waals surface area contributed by atoms with Crippen molar-refractivity contribution in [1.82, 2.24) is 5.32 Å². The molecular formula is C10H21NO4S2. The van der Waals surface area contributed by atoms with Crippen LogP contribution in [0.4, 0.5) is 0 Å². The molecule has 1 amide bonds. The maximum atomic E-state index is 11.9. The summed E-state index contributed by atoms with van der Waals surface area (Å²) in [4.78, 5) is 11.9. The second-order valence-corrected chi connectivity index (χ2v) is 8.14. The Hall–Kier alpha value is -0.270. The van der Waals surface area contributed by atoms with Crippen molar-refractivity contribution in [2.45, 2.75) is 36.8 Å². The molecule has 0 bridgehead atoms. The fraction of sp³-hybridized carbons (Fsp3) is 0.900. The van der Waals surface area contributed by atoms with Gasteiger partial charge in [0, 0.05) is 17.5 Å². The van der Waals surface area contributed by atoms with Crippen LogP contribution in [0.15, 0.2) is 0 Å². The molecule has 0 aliphatic rings. The van der Waals surface area contributed by atoms with Crippen molar-refractivity contribution < 1.29 is 18.3 Å².